The fourth-order valence-electron chi connectivity index (χ4n) is 2.69. The Morgan fingerprint density at radius 1 is 1.55 bits per heavy atom. The largest absolute Gasteiger partial charge is 0.504 e. The van der Waals surface area contributed by atoms with Gasteiger partial charge in [0.15, 0.2) is 11.5 Å². The molecule has 1 N–H and O–H groups in total. The number of phenolic OH excluding ortho intramolecular Hbond substituents is 1. The van der Waals surface area contributed by atoms with Gasteiger partial charge in [0, 0.05) is 25.7 Å². The second-order valence-electron chi connectivity index (χ2n) is 5.49. The Labute approximate surface area is 119 Å². The van der Waals surface area contributed by atoms with Crippen LogP contribution in [0.15, 0.2) is 18.2 Å². The van der Waals surface area contributed by atoms with Crippen LogP contribution in [0, 0.1) is 5.92 Å². The molecule has 0 aliphatic carbocycles. The molecule has 1 saturated heterocycles. The molecule has 1 fully saturated rings. The van der Waals surface area contributed by atoms with Gasteiger partial charge in [-0.1, -0.05) is 0 Å². The number of methoxy groups -OCH3 is 1. The minimum Gasteiger partial charge on any atom is -0.504 e. The maximum Gasteiger partial charge on any atom is 0.253 e. The highest BCUT2D eigenvalue weighted by Crippen LogP contribution is 2.27. The van der Waals surface area contributed by atoms with Gasteiger partial charge in [-0.3, -0.25) is 4.79 Å². The highest BCUT2D eigenvalue weighted by Gasteiger charge is 2.23. The number of nitrogens with zero attached hydrogens (tertiary/aromatic N) is 2. The molecule has 5 nitrogen and oxygen atoms in total. The fourth-order valence-corrected chi connectivity index (χ4v) is 2.69. The summed E-state index contributed by atoms with van der Waals surface area (Å²) in [5.74, 6) is 0.826. The molecule has 2 rings (SSSR count). The van der Waals surface area contributed by atoms with Crippen molar-refractivity contribution < 1.29 is 14.6 Å². The van der Waals surface area contributed by atoms with Crippen LogP contribution in [0.5, 0.6) is 11.5 Å². The standard InChI is InChI=1S/C15H22N2O3/c1-16-7-6-11(9-16)10-17(2)15(19)12-4-5-14(20-3)13(18)8-12/h4-5,8,11,18H,6-7,9-10H2,1-3H3. The molecule has 1 atom stereocenters. The molecule has 1 unspecified atom stereocenters. The van der Waals surface area contributed by atoms with Crippen molar-refractivity contribution >= 4 is 5.91 Å². The lowest BCUT2D eigenvalue weighted by Crippen LogP contribution is -2.32. The topological polar surface area (TPSA) is 53.0 Å². The normalized spacial score (nSPS) is 19.1. The van der Waals surface area contributed by atoms with E-state index in [2.05, 4.69) is 11.9 Å². The lowest BCUT2D eigenvalue weighted by atomic mass is 10.1. The number of likely N-dealkylation sites (tertiary alicyclic amines) is 1. The minimum absolute atomic E-state index is 0.00708. The monoisotopic (exact) mass is 278 g/mol. The van der Waals surface area contributed by atoms with Gasteiger partial charge < -0.3 is 19.6 Å². The first kappa shape index (κ1) is 14.7. The van der Waals surface area contributed by atoms with Crippen molar-refractivity contribution in [2.75, 3.05) is 40.8 Å². The number of benzene rings is 1. The van der Waals surface area contributed by atoms with Gasteiger partial charge in [-0.15, -0.1) is 0 Å². The van der Waals surface area contributed by atoms with Gasteiger partial charge >= 0.3 is 0 Å². The zero-order valence-electron chi connectivity index (χ0n) is 12.3. The van der Waals surface area contributed by atoms with Gasteiger partial charge in [0.1, 0.15) is 0 Å². The number of carbonyl (C=O) groups is 1. The molecule has 1 aromatic rings. The Morgan fingerprint density at radius 3 is 2.85 bits per heavy atom. The lowest BCUT2D eigenvalue weighted by Gasteiger charge is -2.21. The average Bonchev–Trinajstić information content (AvgIpc) is 2.83. The maximum absolute atomic E-state index is 12.3. The van der Waals surface area contributed by atoms with E-state index in [1.165, 1.54) is 13.2 Å². The van der Waals surface area contributed by atoms with Gasteiger partial charge in [0.25, 0.3) is 5.91 Å². The van der Waals surface area contributed by atoms with E-state index in [1.807, 2.05) is 7.05 Å². The summed E-state index contributed by atoms with van der Waals surface area (Å²) in [5, 5.41) is 9.74. The van der Waals surface area contributed by atoms with Crippen molar-refractivity contribution in [2.45, 2.75) is 6.42 Å². The number of carbonyl (C=O) groups excluding carboxylic acids is 1. The van der Waals surface area contributed by atoms with Gasteiger partial charge in [0.05, 0.1) is 7.11 Å². The Balaban J connectivity index is 2.01. The van der Waals surface area contributed by atoms with Crippen LogP contribution in [0.1, 0.15) is 16.8 Å². The van der Waals surface area contributed by atoms with Crippen molar-refractivity contribution in [1.82, 2.24) is 9.80 Å². The van der Waals surface area contributed by atoms with Crippen molar-refractivity contribution in [3.63, 3.8) is 0 Å². The van der Waals surface area contributed by atoms with E-state index in [1.54, 1.807) is 17.0 Å². The number of aromatic hydroxyl groups is 1. The zero-order valence-corrected chi connectivity index (χ0v) is 12.3. The summed E-state index contributed by atoms with van der Waals surface area (Å²) in [4.78, 5) is 16.3. The van der Waals surface area contributed by atoms with E-state index in [4.69, 9.17) is 4.74 Å². The van der Waals surface area contributed by atoms with Gasteiger partial charge in [-0.2, -0.15) is 0 Å². The van der Waals surface area contributed by atoms with Crippen LogP contribution in [0.25, 0.3) is 0 Å². The molecule has 0 aromatic heterocycles. The Hall–Kier alpha value is -1.75. The molecule has 0 bridgehead atoms. The third-order valence-corrected chi connectivity index (χ3v) is 3.79. The number of amides is 1. The summed E-state index contributed by atoms with van der Waals surface area (Å²) in [5.41, 5.74) is 0.483. The van der Waals surface area contributed by atoms with Crippen LogP contribution in [-0.4, -0.2) is 61.7 Å². The van der Waals surface area contributed by atoms with Crippen LogP contribution < -0.4 is 4.74 Å². The Morgan fingerprint density at radius 2 is 2.30 bits per heavy atom. The summed E-state index contributed by atoms with van der Waals surface area (Å²) >= 11 is 0. The molecule has 1 heterocycles. The first-order chi connectivity index (χ1) is 9.51. The van der Waals surface area contributed by atoms with Crippen molar-refractivity contribution in [3.05, 3.63) is 23.8 Å². The van der Waals surface area contributed by atoms with E-state index >= 15 is 0 Å². The fraction of sp³-hybridized carbons (Fsp3) is 0.533. The third-order valence-electron chi connectivity index (χ3n) is 3.79. The van der Waals surface area contributed by atoms with Crippen molar-refractivity contribution in [1.29, 1.82) is 0 Å². The number of hydrogen-bond donors (Lipinski definition) is 1. The first-order valence-corrected chi connectivity index (χ1v) is 6.82. The van der Waals surface area contributed by atoms with Crippen LogP contribution in [0.4, 0.5) is 0 Å². The number of ether oxygens (including phenoxy) is 1. The molecule has 1 amide bonds. The molecular weight excluding hydrogens is 256 g/mol. The molecule has 1 aromatic carbocycles. The maximum atomic E-state index is 12.3. The minimum atomic E-state index is -0.0718. The third kappa shape index (κ3) is 3.22. The lowest BCUT2D eigenvalue weighted by molar-refractivity contribution is 0.0773. The highest BCUT2D eigenvalue weighted by atomic mass is 16.5. The number of phenols is 1. The molecule has 1 aliphatic heterocycles. The SMILES string of the molecule is COc1ccc(C(=O)N(C)CC2CCN(C)C2)cc1O. The Bertz CT molecular complexity index is 490. The van der Waals surface area contributed by atoms with Crippen molar-refractivity contribution in [3.8, 4) is 11.5 Å². The second kappa shape index (κ2) is 6.13. The molecule has 110 valence electrons. The summed E-state index contributed by atoms with van der Waals surface area (Å²) in [6.07, 6.45) is 1.13. The second-order valence-corrected chi connectivity index (χ2v) is 5.49. The van der Waals surface area contributed by atoms with Gasteiger partial charge in [-0.25, -0.2) is 0 Å². The average molecular weight is 278 g/mol. The molecule has 20 heavy (non-hydrogen) atoms. The highest BCUT2D eigenvalue weighted by molar-refractivity contribution is 5.94. The predicted molar refractivity (Wildman–Crippen MR) is 77.2 cm³/mol. The molecule has 0 radical (unpaired) electrons. The number of hydrogen-bond acceptors (Lipinski definition) is 4. The Kier molecular flexibility index (Phi) is 4.49. The predicted octanol–water partition coefficient (Wildman–Crippen LogP) is 1.42. The molecule has 0 saturated carbocycles. The summed E-state index contributed by atoms with van der Waals surface area (Å²) < 4.78 is 4.98. The van der Waals surface area contributed by atoms with Crippen LogP contribution in [-0.2, 0) is 0 Å². The summed E-state index contributed by atoms with van der Waals surface area (Å²) in [7, 11) is 5.39. The quantitative estimate of drug-likeness (QED) is 0.905. The van der Waals surface area contributed by atoms with Crippen LogP contribution in [0.2, 0.25) is 0 Å². The van der Waals surface area contributed by atoms with Gasteiger partial charge in [0.2, 0.25) is 0 Å². The van der Waals surface area contributed by atoms with Crippen molar-refractivity contribution in [2.24, 2.45) is 5.92 Å². The van der Waals surface area contributed by atoms with Crippen LogP contribution in [0.3, 0.4) is 0 Å². The number of rotatable bonds is 4. The van der Waals surface area contributed by atoms with E-state index in [0.717, 1.165) is 26.1 Å². The van der Waals surface area contributed by atoms with E-state index in [9.17, 15) is 9.90 Å². The van der Waals surface area contributed by atoms with E-state index in [0.29, 0.717) is 17.2 Å². The van der Waals surface area contributed by atoms with Gasteiger partial charge in [-0.05, 0) is 44.1 Å². The molecule has 1 aliphatic rings. The van der Waals surface area contributed by atoms with Crippen LogP contribution >= 0.6 is 0 Å². The summed E-state index contributed by atoms with van der Waals surface area (Å²) in [6, 6.07) is 4.75. The smallest absolute Gasteiger partial charge is 0.253 e. The molecule has 0 spiro atoms. The summed E-state index contributed by atoms with van der Waals surface area (Å²) in [6.45, 7) is 2.87. The van der Waals surface area contributed by atoms with E-state index < -0.39 is 0 Å². The molecular formula is C15H22N2O3. The first-order valence-electron chi connectivity index (χ1n) is 6.82. The zero-order chi connectivity index (χ0) is 14.7. The molecule has 5 heteroatoms. The van der Waals surface area contributed by atoms with E-state index in [-0.39, 0.29) is 11.7 Å².